The summed E-state index contributed by atoms with van der Waals surface area (Å²) in [6.07, 6.45) is 0. The molecule has 4 nitrogen and oxygen atoms in total. The van der Waals surface area contributed by atoms with Gasteiger partial charge in [0, 0.05) is 12.6 Å². The second-order valence-corrected chi connectivity index (χ2v) is 6.71. The molecule has 0 atom stereocenters. The van der Waals surface area contributed by atoms with Crippen LogP contribution in [0.15, 0.2) is 42.5 Å². The fourth-order valence-electron chi connectivity index (χ4n) is 2.70. The number of halogens is 1. The van der Waals surface area contributed by atoms with Crippen LogP contribution in [0.1, 0.15) is 37.8 Å². The summed E-state index contributed by atoms with van der Waals surface area (Å²) in [4.78, 5) is 26.0. The molecule has 0 aliphatic rings. The molecule has 2 rings (SSSR count). The topological polar surface area (TPSA) is 49.4 Å². The van der Waals surface area contributed by atoms with Crippen molar-refractivity contribution < 1.29 is 9.59 Å². The van der Waals surface area contributed by atoms with Gasteiger partial charge in [-0.2, -0.15) is 0 Å². The highest BCUT2D eigenvalue weighted by Crippen LogP contribution is 2.28. The molecule has 25 heavy (non-hydrogen) atoms. The molecule has 0 bridgehead atoms. The fourth-order valence-corrected chi connectivity index (χ4v) is 2.94. The number of carbonyl (C=O) groups excluding carboxylic acids is 2. The van der Waals surface area contributed by atoms with Gasteiger partial charge in [0.2, 0.25) is 11.8 Å². The molecular weight excluding hydrogens is 336 g/mol. The molecule has 0 saturated heterocycles. The van der Waals surface area contributed by atoms with Gasteiger partial charge in [0.15, 0.2) is 0 Å². The molecule has 132 valence electrons. The van der Waals surface area contributed by atoms with Crippen LogP contribution in [0, 0.1) is 6.92 Å². The summed E-state index contributed by atoms with van der Waals surface area (Å²) in [5, 5.41) is 3.39. The maximum Gasteiger partial charge on any atom is 0.244 e. The third kappa shape index (κ3) is 4.60. The number of nitrogens with zero attached hydrogens (tertiary/aromatic N) is 1. The van der Waals surface area contributed by atoms with Gasteiger partial charge in [-0.15, -0.1) is 0 Å². The summed E-state index contributed by atoms with van der Waals surface area (Å²) < 4.78 is 0. The first-order valence-electron chi connectivity index (χ1n) is 8.23. The molecule has 0 saturated carbocycles. The lowest BCUT2D eigenvalue weighted by molar-refractivity contribution is -0.120. The first kappa shape index (κ1) is 19.0. The zero-order chi connectivity index (χ0) is 18.6. The number of nitrogens with one attached hydrogen (secondary N) is 1. The first-order valence-corrected chi connectivity index (χ1v) is 8.61. The Morgan fingerprint density at radius 1 is 1.12 bits per heavy atom. The molecule has 0 aromatic heterocycles. The largest absolute Gasteiger partial charge is 0.324 e. The van der Waals surface area contributed by atoms with Gasteiger partial charge in [-0.25, -0.2) is 0 Å². The summed E-state index contributed by atoms with van der Waals surface area (Å²) in [6, 6.07) is 12.9. The van der Waals surface area contributed by atoms with Crippen molar-refractivity contribution in [1.82, 2.24) is 0 Å². The third-order valence-electron chi connectivity index (χ3n) is 4.02. The summed E-state index contributed by atoms with van der Waals surface area (Å²) in [5.41, 5.74) is 3.40. The molecule has 0 heterocycles. The van der Waals surface area contributed by atoms with E-state index in [1.54, 1.807) is 24.3 Å². The van der Waals surface area contributed by atoms with Crippen LogP contribution in [-0.2, 0) is 9.59 Å². The van der Waals surface area contributed by atoms with E-state index in [1.165, 1.54) is 11.8 Å². The van der Waals surface area contributed by atoms with Gasteiger partial charge >= 0.3 is 0 Å². The molecule has 2 aromatic carbocycles. The van der Waals surface area contributed by atoms with Crippen LogP contribution < -0.4 is 10.2 Å². The van der Waals surface area contributed by atoms with E-state index >= 15 is 0 Å². The van der Waals surface area contributed by atoms with Gasteiger partial charge in [-0.1, -0.05) is 55.8 Å². The van der Waals surface area contributed by atoms with Crippen molar-refractivity contribution >= 4 is 34.8 Å². The number of carbonyl (C=O) groups is 2. The summed E-state index contributed by atoms with van der Waals surface area (Å²) in [7, 11) is 0. The van der Waals surface area contributed by atoms with Gasteiger partial charge in [0.05, 0.1) is 10.7 Å². The monoisotopic (exact) mass is 358 g/mol. The minimum atomic E-state index is -0.258. The van der Waals surface area contributed by atoms with E-state index in [1.807, 2.05) is 25.1 Å². The molecule has 2 aromatic rings. The number of aryl methyl sites for hydroxylation is 1. The second-order valence-electron chi connectivity index (χ2n) is 6.30. The van der Waals surface area contributed by atoms with Crippen molar-refractivity contribution in [3.63, 3.8) is 0 Å². The normalized spacial score (nSPS) is 10.6. The minimum Gasteiger partial charge on any atom is -0.324 e. The van der Waals surface area contributed by atoms with Crippen LogP contribution in [-0.4, -0.2) is 18.4 Å². The zero-order valence-corrected chi connectivity index (χ0v) is 15.7. The highest BCUT2D eigenvalue weighted by atomic mass is 35.5. The lowest BCUT2D eigenvalue weighted by Gasteiger charge is -2.23. The molecule has 0 unspecified atom stereocenters. The van der Waals surface area contributed by atoms with Crippen LogP contribution in [0.4, 0.5) is 11.4 Å². The zero-order valence-electron chi connectivity index (χ0n) is 15.0. The van der Waals surface area contributed by atoms with Crippen molar-refractivity contribution in [2.24, 2.45) is 0 Å². The molecule has 0 fully saturated rings. The van der Waals surface area contributed by atoms with E-state index in [9.17, 15) is 9.59 Å². The molecule has 1 N–H and O–H groups in total. The Hall–Kier alpha value is -2.33. The molecule has 0 radical (unpaired) electrons. The number of hydrogen-bond donors (Lipinski definition) is 1. The number of para-hydroxylation sites is 2. The Kier molecular flexibility index (Phi) is 6.21. The average Bonchev–Trinajstić information content (AvgIpc) is 2.55. The van der Waals surface area contributed by atoms with Crippen LogP contribution in [0.5, 0.6) is 0 Å². The van der Waals surface area contributed by atoms with Crippen LogP contribution in [0.2, 0.25) is 5.02 Å². The standard InChI is InChI=1S/C20H23ClN2O2/c1-13(2)16-9-7-8-14(3)20(16)22-19(25)12-23(15(4)24)18-11-6-5-10-17(18)21/h5-11,13H,12H2,1-4H3,(H,22,25). The number of hydrogen-bond acceptors (Lipinski definition) is 2. The second kappa shape index (κ2) is 8.17. The molecule has 0 spiro atoms. The number of amides is 2. The maximum atomic E-state index is 12.6. The smallest absolute Gasteiger partial charge is 0.244 e. The third-order valence-corrected chi connectivity index (χ3v) is 4.34. The summed E-state index contributed by atoms with van der Waals surface area (Å²) >= 11 is 6.17. The van der Waals surface area contributed by atoms with Crippen LogP contribution in [0.25, 0.3) is 0 Å². The van der Waals surface area contributed by atoms with E-state index in [-0.39, 0.29) is 24.3 Å². The molecule has 5 heteroatoms. The van der Waals surface area contributed by atoms with Crippen molar-refractivity contribution in [2.45, 2.75) is 33.6 Å². The Morgan fingerprint density at radius 3 is 2.40 bits per heavy atom. The molecule has 0 aliphatic carbocycles. The van der Waals surface area contributed by atoms with Crippen molar-refractivity contribution in [1.29, 1.82) is 0 Å². The van der Waals surface area contributed by atoms with Crippen molar-refractivity contribution in [2.75, 3.05) is 16.8 Å². The number of anilines is 2. The molecule has 2 amide bonds. The predicted octanol–water partition coefficient (Wildman–Crippen LogP) is 4.76. The van der Waals surface area contributed by atoms with Gasteiger partial charge < -0.3 is 10.2 Å². The predicted molar refractivity (Wildman–Crippen MR) is 103 cm³/mol. The lowest BCUT2D eigenvalue weighted by Crippen LogP contribution is -2.37. The van der Waals surface area contributed by atoms with Gasteiger partial charge in [-0.3, -0.25) is 9.59 Å². The number of rotatable bonds is 5. The average molecular weight is 359 g/mol. The minimum absolute atomic E-state index is 0.0923. The quantitative estimate of drug-likeness (QED) is 0.837. The van der Waals surface area contributed by atoms with Crippen LogP contribution >= 0.6 is 11.6 Å². The number of benzene rings is 2. The molecular formula is C20H23ClN2O2. The summed E-state index contributed by atoms with van der Waals surface area (Å²) in [6.45, 7) is 7.44. The van der Waals surface area contributed by atoms with Gasteiger partial charge in [0.25, 0.3) is 0 Å². The summed E-state index contributed by atoms with van der Waals surface area (Å²) in [5.74, 6) is -0.217. The molecule has 0 aliphatic heterocycles. The lowest BCUT2D eigenvalue weighted by atomic mass is 9.98. The first-order chi connectivity index (χ1) is 11.8. The highest BCUT2D eigenvalue weighted by molar-refractivity contribution is 6.33. The van der Waals surface area contributed by atoms with E-state index < -0.39 is 0 Å². The Morgan fingerprint density at radius 2 is 1.80 bits per heavy atom. The van der Waals surface area contributed by atoms with E-state index in [4.69, 9.17) is 11.6 Å². The van der Waals surface area contributed by atoms with Crippen LogP contribution in [0.3, 0.4) is 0 Å². The van der Waals surface area contributed by atoms with E-state index in [2.05, 4.69) is 19.2 Å². The Labute approximate surface area is 153 Å². The SMILES string of the molecule is CC(=O)N(CC(=O)Nc1c(C)cccc1C(C)C)c1ccccc1Cl. The van der Waals surface area contributed by atoms with Gasteiger partial charge in [-0.05, 0) is 36.1 Å². The van der Waals surface area contributed by atoms with Gasteiger partial charge in [0.1, 0.15) is 6.54 Å². The van der Waals surface area contributed by atoms with Crippen molar-refractivity contribution in [3.8, 4) is 0 Å². The fraction of sp³-hybridized carbons (Fsp3) is 0.300. The van der Waals surface area contributed by atoms with E-state index in [0.29, 0.717) is 10.7 Å². The van der Waals surface area contributed by atoms with E-state index in [0.717, 1.165) is 16.8 Å². The Bertz CT molecular complexity index is 787. The van der Waals surface area contributed by atoms with Crippen molar-refractivity contribution in [3.05, 3.63) is 58.6 Å². The maximum absolute atomic E-state index is 12.6. The Balaban J connectivity index is 2.24. The highest BCUT2D eigenvalue weighted by Gasteiger charge is 2.19.